The molecule has 164 valence electrons. The topological polar surface area (TPSA) is 86.8 Å². The number of carbonyl (C=O) groups is 2. The number of nitrogens with zero attached hydrogens (tertiary/aromatic N) is 1. The van der Waals surface area contributed by atoms with Crippen molar-refractivity contribution in [2.75, 3.05) is 7.11 Å². The Bertz CT molecular complexity index is 1070. The summed E-state index contributed by atoms with van der Waals surface area (Å²) in [7, 11) is 1.59. The van der Waals surface area contributed by atoms with Crippen LogP contribution in [0.5, 0.6) is 17.2 Å². The van der Waals surface area contributed by atoms with Crippen LogP contribution < -0.4 is 14.8 Å². The van der Waals surface area contributed by atoms with Gasteiger partial charge in [-0.25, -0.2) is 4.79 Å². The van der Waals surface area contributed by atoms with Gasteiger partial charge in [-0.3, -0.25) is 9.78 Å². The van der Waals surface area contributed by atoms with Gasteiger partial charge in [0.1, 0.15) is 29.9 Å². The predicted octanol–water partition coefficient (Wildman–Crippen LogP) is 4.14. The molecule has 3 rings (SSSR count). The summed E-state index contributed by atoms with van der Waals surface area (Å²) in [6, 6.07) is 17.2. The number of esters is 1. The first-order valence-electron chi connectivity index (χ1n) is 10.00. The normalized spacial score (nSPS) is 11.6. The fourth-order valence-corrected chi connectivity index (χ4v) is 2.74. The number of nitrogens with one attached hydrogen (secondary N) is 1. The number of hydrogen-bond acceptors (Lipinski definition) is 6. The summed E-state index contributed by atoms with van der Waals surface area (Å²) in [4.78, 5) is 28.5. The Morgan fingerprint density at radius 1 is 1.03 bits per heavy atom. The highest BCUT2D eigenvalue weighted by atomic mass is 16.5. The maximum atomic E-state index is 12.3. The van der Waals surface area contributed by atoms with E-state index >= 15 is 0 Å². The Hall–Kier alpha value is -4.13. The lowest BCUT2D eigenvalue weighted by Gasteiger charge is -2.14. The number of methoxy groups -OCH3 is 1. The van der Waals surface area contributed by atoms with Crippen molar-refractivity contribution < 1.29 is 23.8 Å². The third kappa shape index (κ3) is 6.70. The molecule has 0 unspecified atom stereocenters. The predicted molar refractivity (Wildman–Crippen MR) is 120 cm³/mol. The Morgan fingerprint density at radius 3 is 2.53 bits per heavy atom. The van der Waals surface area contributed by atoms with Crippen molar-refractivity contribution in [1.82, 2.24) is 10.3 Å². The van der Waals surface area contributed by atoms with Crippen LogP contribution in [0.3, 0.4) is 0 Å². The zero-order valence-corrected chi connectivity index (χ0v) is 17.9. The first-order chi connectivity index (χ1) is 15.5. The van der Waals surface area contributed by atoms with Crippen molar-refractivity contribution in [3.05, 3.63) is 90.3 Å². The Morgan fingerprint density at radius 2 is 1.81 bits per heavy atom. The molecule has 0 bridgehead atoms. The van der Waals surface area contributed by atoms with E-state index in [1.54, 1.807) is 68.9 Å². The fraction of sp³-hybridized carbons (Fsp3) is 0.160. The molecule has 0 saturated carbocycles. The van der Waals surface area contributed by atoms with Gasteiger partial charge in [0, 0.05) is 17.8 Å². The van der Waals surface area contributed by atoms with Gasteiger partial charge in [-0.15, -0.1) is 0 Å². The molecule has 1 aromatic heterocycles. The summed E-state index contributed by atoms with van der Waals surface area (Å²) >= 11 is 0. The molecule has 32 heavy (non-hydrogen) atoms. The molecule has 0 radical (unpaired) electrons. The number of ether oxygens (including phenoxy) is 3. The van der Waals surface area contributed by atoms with Crippen molar-refractivity contribution in [2.24, 2.45) is 0 Å². The Labute approximate surface area is 186 Å². The number of benzene rings is 2. The molecule has 3 aromatic rings. The summed E-state index contributed by atoms with van der Waals surface area (Å²) in [5.74, 6) is 0.927. The minimum atomic E-state index is -0.811. The van der Waals surface area contributed by atoms with Gasteiger partial charge in [-0.1, -0.05) is 30.3 Å². The van der Waals surface area contributed by atoms with E-state index < -0.39 is 17.9 Å². The van der Waals surface area contributed by atoms with Gasteiger partial charge in [0.2, 0.25) is 5.91 Å². The lowest BCUT2D eigenvalue weighted by atomic mass is 10.2. The molecule has 7 heteroatoms. The summed E-state index contributed by atoms with van der Waals surface area (Å²) in [5, 5.41) is 2.60. The van der Waals surface area contributed by atoms with Gasteiger partial charge in [-0.2, -0.15) is 0 Å². The highest BCUT2D eigenvalue weighted by molar-refractivity contribution is 5.94. The molecule has 0 spiro atoms. The summed E-state index contributed by atoms with van der Waals surface area (Å²) in [6.45, 7) is 1.58. The van der Waals surface area contributed by atoms with E-state index in [0.29, 0.717) is 17.1 Å². The number of aromatic nitrogens is 1. The zero-order chi connectivity index (χ0) is 22.8. The number of rotatable bonds is 9. The Balaban J connectivity index is 1.51. The molecule has 1 N–H and O–H groups in total. The van der Waals surface area contributed by atoms with Crippen molar-refractivity contribution in [3.63, 3.8) is 0 Å². The third-order valence-corrected chi connectivity index (χ3v) is 4.46. The lowest BCUT2D eigenvalue weighted by Crippen LogP contribution is -2.38. The SMILES string of the molecule is COc1ccc(/C=C/C(=O)N[C@@H](C)C(=O)OCc2ccccc2Oc2cccnc2)cc1. The second-order valence-electron chi connectivity index (χ2n) is 6.84. The molecule has 0 aliphatic rings. The largest absolute Gasteiger partial charge is 0.497 e. The standard InChI is InChI=1S/C25H24N2O5/c1-18(27-24(28)14-11-19-9-12-21(30-2)13-10-19)25(29)31-17-20-6-3-4-8-23(20)32-22-7-5-15-26-16-22/h3-16,18H,17H2,1-2H3,(H,27,28)/b14-11+/t18-/m0/s1. The summed E-state index contributed by atoms with van der Waals surface area (Å²) in [6.07, 6.45) is 6.27. The van der Waals surface area contributed by atoms with Gasteiger partial charge < -0.3 is 19.5 Å². The number of pyridine rings is 1. The van der Waals surface area contributed by atoms with Crippen LogP contribution in [-0.2, 0) is 20.9 Å². The van der Waals surface area contributed by atoms with E-state index in [1.807, 2.05) is 24.3 Å². The van der Waals surface area contributed by atoms with Crippen LogP contribution in [0.1, 0.15) is 18.1 Å². The first kappa shape index (κ1) is 22.6. The van der Waals surface area contributed by atoms with Gasteiger partial charge in [0.15, 0.2) is 0 Å². The highest BCUT2D eigenvalue weighted by Gasteiger charge is 2.17. The quantitative estimate of drug-likeness (QED) is 0.404. The van der Waals surface area contributed by atoms with Crippen LogP contribution in [0.2, 0.25) is 0 Å². The summed E-state index contributed by atoms with van der Waals surface area (Å²) < 4.78 is 16.3. The number of para-hydroxylation sites is 1. The number of carbonyl (C=O) groups excluding carboxylic acids is 2. The van der Waals surface area contributed by atoms with Crippen molar-refractivity contribution in [3.8, 4) is 17.2 Å². The van der Waals surface area contributed by atoms with E-state index in [9.17, 15) is 9.59 Å². The van der Waals surface area contributed by atoms with Crippen LogP contribution in [-0.4, -0.2) is 30.0 Å². The minimum absolute atomic E-state index is 0.0111. The van der Waals surface area contributed by atoms with Gasteiger partial charge in [0.25, 0.3) is 0 Å². The second kappa shape index (κ2) is 11.3. The second-order valence-corrected chi connectivity index (χ2v) is 6.84. The number of amides is 1. The van der Waals surface area contributed by atoms with Crippen LogP contribution >= 0.6 is 0 Å². The van der Waals surface area contributed by atoms with Gasteiger partial charge in [-0.05, 0) is 48.9 Å². The molecule has 1 heterocycles. The molecule has 1 atom stereocenters. The van der Waals surface area contributed by atoms with Gasteiger partial charge in [0.05, 0.1) is 13.3 Å². The van der Waals surface area contributed by atoms with Crippen LogP contribution in [0.4, 0.5) is 0 Å². The molecule has 0 aliphatic carbocycles. The third-order valence-electron chi connectivity index (χ3n) is 4.46. The molecule has 0 aliphatic heterocycles. The molecule has 0 fully saturated rings. The van der Waals surface area contributed by atoms with E-state index in [0.717, 1.165) is 11.3 Å². The maximum absolute atomic E-state index is 12.3. The summed E-state index contributed by atoms with van der Waals surface area (Å²) in [5.41, 5.74) is 1.53. The average Bonchev–Trinajstić information content (AvgIpc) is 2.83. The van der Waals surface area contributed by atoms with E-state index in [1.165, 1.54) is 6.08 Å². The molecule has 7 nitrogen and oxygen atoms in total. The Kier molecular flexibility index (Phi) is 7.97. The molecule has 2 aromatic carbocycles. The van der Waals surface area contributed by atoms with E-state index in [4.69, 9.17) is 14.2 Å². The first-order valence-corrected chi connectivity index (χ1v) is 10.00. The molecular weight excluding hydrogens is 408 g/mol. The van der Waals surface area contributed by atoms with Crippen molar-refractivity contribution in [1.29, 1.82) is 0 Å². The highest BCUT2D eigenvalue weighted by Crippen LogP contribution is 2.25. The maximum Gasteiger partial charge on any atom is 0.328 e. The lowest BCUT2D eigenvalue weighted by molar-refractivity contribution is -0.148. The fourth-order valence-electron chi connectivity index (χ4n) is 2.74. The van der Waals surface area contributed by atoms with Crippen LogP contribution in [0, 0.1) is 0 Å². The van der Waals surface area contributed by atoms with Crippen molar-refractivity contribution in [2.45, 2.75) is 19.6 Å². The van der Waals surface area contributed by atoms with Crippen molar-refractivity contribution >= 4 is 18.0 Å². The van der Waals surface area contributed by atoms with E-state index in [-0.39, 0.29) is 6.61 Å². The van der Waals surface area contributed by atoms with E-state index in [2.05, 4.69) is 10.3 Å². The van der Waals surface area contributed by atoms with Crippen LogP contribution in [0.25, 0.3) is 6.08 Å². The average molecular weight is 432 g/mol. The zero-order valence-electron chi connectivity index (χ0n) is 17.9. The number of hydrogen-bond donors (Lipinski definition) is 1. The molecular formula is C25H24N2O5. The molecule has 1 amide bonds. The smallest absolute Gasteiger partial charge is 0.328 e. The molecule has 0 saturated heterocycles. The monoisotopic (exact) mass is 432 g/mol. The van der Waals surface area contributed by atoms with Gasteiger partial charge >= 0.3 is 5.97 Å². The van der Waals surface area contributed by atoms with Crippen LogP contribution in [0.15, 0.2) is 79.1 Å². The minimum Gasteiger partial charge on any atom is -0.497 e.